The zero-order valence-electron chi connectivity index (χ0n) is 19.5. The van der Waals surface area contributed by atoms with Crippen LogP contribution in [0, 0.1) is 13.8 Å². The zero-order chi connectivity index (χ0) is 20.3. The highest BCUT2D eigenvalue weighted by Gasteiger charge is 2.00. The molecule has 0 saturated carbocycles. The second-order valence-electron chi connectivity index (χ2n) is 8.84. The van der Waals surface area contributed by atoms with Gasteiger partial charge in [-0.3, -0.25) is 0 Å². The molecule has 28 heavy (non-hydrogen) atoms. The van der Waals surface area contributed by atoms with Crippen LogP contribution < -0.4 is 5.32 Å². The molecule has 1 aromatic rings. The van der Waals surface area contributed by atoms with Crippen LogP contribution in [0.2, 0.25) is 0 Å². The molecule has 0 saturated heterocycles. The summed E-state index contributed by atoms with van der Waals surface area (Å²) >= 11 is 0. The minimum absolute atomic E-state index is 1.02. The van der Waals surface area contributed by atoms with Crippen LogP contribution in [0.25, 0.3) is 0 Å². The van der Waals surface area contributed by atoms with E-state index in [1.165, 1.54) is 119 Å². The van der Waals surface area contributed by atoms with Gasteiger partial charge in [-0.1, -0.05) is 121 Å². The van der Waals surface area contributed by atoms with E-state index in [-0.39, 0.29) is 0 Å². The van der Waals surface area contributed by atoms with E-state index in [4.69, 9.17) is 0 Å². The van der Waals surface area contributed by atoms with Crippen molar-refractivity contribution in [3.8, 4) is 0 Å². The third-order valence-electron chi connectivity index (χ3n) is 6.24. The fraction of sp³-hybridized carbons (Fsp3) is 0.778. The molecule has 0 aliphatic heterocycles. The van der Waals surface area contributed by atoms with Crippen molar-refractivity contribution in [2.24, 2.45) is 0 Å². The van der Waals surface area contributed by atoms with Crippen molar-refractivity contribution in [2.75, 3.05) is 6.54 Å². The molecule has 0 aliphatic rings. The van der Waals surface area contributed by atoms with Gasteiger partial charge in [0, 0.05) is 6.54 Å². The number of hydrogen-bond acceptors (Lipinski definition) is 1. The maximum Gasteiger partial charge on any atom is 0.0208 e. The lowest BCUT2D eigenvalue weighted by atomic mass is 10.0. The number of benzene rings is 1. The number of rotatable bonds is 19. The number of hydrogen-bond donors (Lipinski definition) is 1. The lowest BCUT2D eigenvalue weighted by Crippen LogP contribution is -2.15. The van der Waals surface area contributed by atoms with E-state index in [9.17, 15) is 0 Å². The Morgan fingerprint density at radius 1 is 0.607 bits per heavy atom. The summed E-state index contributed by atoms with van der Waals surface area (Å²) in [6.45, 7) is 8.92. The normalized spacial score (nSPS) is 11.2. The lowest BCUT2D eigenvalue weighted by molar-refractivity contribution is 0.525. The van der Waals surface area contributed by atoms with Gasteiger partial charge in [0.05, 0.1) is 0 Å². The number of unbranched alkanes of at least 4 members (excludes halogenated alkanes) is 15. The predicted molar refractivity (Wildman–Crippen MR) is 127 cm³/mol. The Hall–Kier alpha value is -0.820. The fourth-order valence-electron chi connectivity index (χ4n) is 4.02. The van der Waals surface area contributed by atoms with Crippen molar-refractivity contribution in [1.82, 2.24) is 5.32 Å². The van der Waals surface area contributed by atoms with Crippen molar-refractivity contribution in [3.05, 3.63) is 34.9 Å². The first-order valence-corrected chi connectivity index (χ1v) is 12.5. The lowest BCUT2D eigenvalue weighted by Gasteiger charge is -2.10. The Morgan fingerprint density at radius 3 is 1.57 bits per heavy atom. The van der Waals surface area contributed by atoms with E-state index < -0.39 is 0 Å². The van der Waals surface area contributed by atoms with E-state index in [2.05, 4.69) is 44.3 Å². The highest BCUT2D eigenvalue weighted by molar-refractivity contribution is 5.32. The van der Waals surface area contributed by atoms with Crippen molar-refractivity contribution < 1.29 is 0 Å². The maximum atomic E-state index is 3.62. The molecule has 0 bridgehead atoms. The van der Waals surface area contributed by atoms with Crippen LogP contribution in [0.3, 0.4) is 0 Å². The molecule has 162 valence electrons. The smallest absolute Gasteiger partial charge is 0.0208 e. The Labute approximate surface area is 177 Å². The van der Waals surface area contributed by atoms with Crippen molar-refractivity contribution in [3.63, 3.8) is 0 Å². The molecule has 0 unspecified atom stereocenters. The summed E-state index contributed by atoms with van der Waals surface area (Å²) in [6, 6.07) is 6.63. The Bertz CT molecular complexity index is 465. The first kappa shape index (κ1) is 25.2. The molecule has 0 aliphatic carbocycles. The average molecular weight is 388 g/mol. The first-order valence-electron chi connectivity index (χ1n) is 12.5. The van der Waals surface area contributed by atoms with E-state index in [1.54, 1.807) is 0 Å². The van der Waals surface area contributed by atoms with Crippen LogP contribution in [0.5, 0.6) is 0 Å². The molecule has 1 rings (SSSR count). The Balaban J connectivity index is 1.77. The van der Waals surface area contributed by atoms with E-state index in [1.807, 2.05) is 0 Å². The van der Waals surface area contributed by atoms with Crippen LogP contribution >= 0.6 is 0 Å². The van der Waals surface area contributed by atoms with Gasteiger partial charge in [-0.2, -0.15) is 0 Å². The largest absolute Gasteiger partial charge is 0.313 e. The standard InChI is InChI=1S/C27H49N/c1-4-5-6-7-8-9-10-11-12-13-14-15-16-17-18-19-23-28-24-27-22-20-21-25(2)26(27)3/h20-22,28H,4-19,23-24H2,1-3H3. The molecule has 0 aromatic heterocycles. The summed E-state index contributed by atoms with van der Waals surface area (Å²) in [7, 11) is 0. The summed E-state index contributed by atoms with van der Waals surface area (Å²) in [5.41, 5.74) is 4.31. The molecule has 0 radical (unpaired) electrons. The van der Waals surface area contributed by atoms with Crippen LogP contribution in [-0.4, -0.2) is 6.54 Å². The summed E-state index contributed by atoms with van der Waals surface area (Å²) in [6.07, 6.45) is 23.0. The van der Waals surface area contributed by atoms with Gasteiger partial charge >= 0.3 is 0 Å². The van der Waals surface area contributed by atoms with E-state index >= 15 is 0 Å². The van der Waals surface area contributed by atoms with Crippen LogP contribution in [0.15, 0.2) is 18.2 Å². The van der Waals surface area contributed by atoms with Crippen molar-refractivity contribution >= 4 is 0 Å². The van der Waals surface area contributed by atoms with Crippen LogP contribution in [0.1, 0.15) is 126 Å². The third kappa shape index (κ3) is 13.4. The minimum atomic E-state index is 1.02. The van der Waals surface area contributed by atoms with Crippen LogP contribution in [0.4, 0.5) is 0 Å². The Kier molecular flexibility index (Phi) is 16.4. The molecular formula is C27H49N. The molecule has 1 nitrogen and oxygen atoms in total. The molecule has 0 heterocycles. The molecule has 0 amide bonds. The van der Waals surface area contributed by atoms with Crippen molar-refractivity contribution in [2.45, 2.75) is 130 Å². The van der Waals surface area contributed by atoms with Gasteiger partial charge in [-0.25, -0.2) is 0 Å². The molecule has 1 heteroatoms. The van der Waals surface area contributed by atoms with E-state index in [0.717, 1.165) is 13.1 Å². The topological polar surface area (TPSA) is 12.0 Å². The molecule has 0 spiro atoms. The van der Waals surface area contributed by atoms with Gasteiger partial charge in [-0.05, 0) is 43.5 Å². The predicted octanol–water partition coefficient (Wildman–Crippen LogP) is 8.65. The average Bonchev–Trinajstić information content (AvgIpc) is 2.70. The van der Waals surface area contributed by atoms with E-state index in [0.29, 0.717) is 0 Å². The van der Waals surface area contributed by atoms with Gasteiger partial charge < -0.3 is 5.32 Å². The van der Waals surface area contributed by atoms with Gasteiger partial charge in [-0.15, -0.1) is 0 Å². The minimum Gasteiger partial charge on any atom is -0.313 e. The highest BCUT2D eigenvalue weighted by atomic mass is 14.8. The quantitative estimate of drug-likeness (QED) is 0.234. The second kappa shape index (κ2) is 18.2. The van der Waals surface area contributed by atoms with Gasteiger partial charge in [0.2, 0.25) is 0 Å². The zero-order valence-corrected chi connectivity index (χ0v) is 19.5. The highest BCUT2D eigenvalue weighted by Crippen LogP contribution is 2.14. The molecule has 0 atom stereocenters. The van der Waals surface area contributed by atoms with Gasteiger partial charge in [0.25, 0.3) is 0 Å². The summed E-state index contributed by atoms with van der Waals surface area (Å²) in [4.78, 5) is 0. The van der Waals surface area contributed by atoms with Gasteiger partial charge in [0.15, 0.2) is 0 Å². The Morgan fingerprint density at radius 2 is 1.07 bits per heavy atom. The third-order valence-corrected chi connectivity index (χ3v) is 6.24. The molecular weight excluding hydrogens is 338 g/mol. The van der Waals surface area contributed by atoms with Crippen LogP contribution in [-0.2, 0) is 6.54 Å². The summed E-state index contributed by atoms with van der Waals surface area (Å²) in [5.74, 6) is 0. The molecule has 0 fully saturated rings. The SMILES string of the molecule is CCCCCCCCCCCCCCCCCCNCc1cccc(C)c1C. The first-order chi connectivity index (χ1) is 13.8. The molecule has 1 N–H and O–H groups in total. The molecule has 1 aromatic carbocycles. The number of aryl methyl sites for hydroxylation is 1. The number of nitrogens with one attached hydrogen (secondary N) is 1. The summed E-state index contributed by atoms with van der Waals surface area (Å²) < 4.78 is 0. The van der Waals surface area contributed by atoms with Gasteiger partial charge in [0.1, 0.15) is 0 Å². The summed E-state index contributed by atoms with van der Waals surface area (Å²) in [5, 5.41) is 3.62. The monoisotopic (exact) mass is 387 g/mol. The second-order valence-corrected chi connectivity index (χ2v) is 8.84. The fourth-order valence-corrected chi connectivity index (χ4v) is 4.02. The maximum absolute atomic E-state index is 3.62. The van der Waals surface area contributed by atoms with Crippen molar-refractivity contribution in [1.29, 1.82) is 0 Å².